The summed E-state index contributed by atoms with van der Waals surface area (Å²) < 4.78 is 0. The maximum Gasteiger partial charge on any atom is 0.224 e. The molecule has 0 atom stereocenters. The van der Waals surface area contributed by atoms with E-state index in [0.717, 1.165) is 25.2 Å². The summed E-state index contributed by atoms with van der Waals surface area (Å²) >= 11 is 0. The Morgan fingerprint density at radius 2 is 1.62 bits per heavy atom. The number of carbonyl (C=O) groups is 1. The summed E-state index contributed by atoms with van der Waals surface area (Å²) in [6.45, 7) is 3.09. The van der Waals surface area contributed by atoms with Gasteiger partial charge >= 0.3 is 0 Å². The number of amides is 1. The molecule has 3 heteroatoms. The second-order valence-electron chi connectivity index (χ2n) is 6.79. The lowest BCUT2D eigenvalue weighted by Crippen LogP contribution is -2.37. The van der Waals surface area contributed by atoms with Gasteiger partial charge in [-0.15, -0.1) is 0 Å². The number of hydrogen-bond donors (Lipinski definition) is 1. The van der Waals surface area contributed by atoms with Gasteiger partial charge in [-0.1, -0.05) is 54.6 Å². The lowest BCUT2D eigenvalue weighted by atomic mass is 9.97. The second kappa shape index (κ2) is 8.11. The van der Waals surface area contributed by atoms with Crippen LogP contribution in [0, 0.1) is 5.92 Å². The molecule has 3 nitrogen and oxygen atoms in total. The molecule has 1 fully saturated rings. The quantitative estimate of drug-likeness (QED) is 0.915. The average molecular weight is 322 g/mol. The van der Waals surface area contributed by atoms with Gasteiger partial charge in [0, 0.05) is 6.54 Å². The molecule has 0 aromatic heterocycles. The first-order valence-corrected chi connectivity index (χ1v) is 8.80. The predicted molar refractivity (Wildman–Crippen MR) is 98.8 cm³/mol. The van der Waals surface area contributed by atoms with Crippen LogP contribution in [0.2, 0.25) is 0 Å². The third-order valence-electron chi connectivity index (χ3n) is 4.85. The van der Waals surface area contributed by atoms with Gasteiger partial charge in [-0.3, -0.25) is 4.79 Å². The largest absolute Gasteiger partial charge is 0.356 e. The Balaban J connectivity index is 1.48. The van der Waals surface area contributed by atoms with Crippen LogP contribution in [0.3, 0.4) is 0 Å². The van der Waals surface area contributed by atoms with E-state index in [0.29, 0.717) is 12.3 Å². The van der Waals surface area contributed by atoms with Crippen LogP contribution in [0.5, 0.6) is 0 Å². The van der Waals surface area contributed by atoms with E-state index in [1.807, 2.05) is 18.2 Å². The van der Waals surface area contributed by atoms with E-state index in [-0.39, 0.29) is 5.91 Å². The van der Waals surface area contributed by atoms with E-state index < -0.39 is 0 Å². The van der Waals surface area contributed by atoms with Crippen molar-refractivity contribution in [3.63, 3.8) is 0 Å². The summed E-state index contributed by atoms with van der Waals surface area (Å²) in [7, 11) is 2.16. The zero-order valence-electron chi connectivity index (χ0n) is 14.4. The van der Waals surface area contributed by atoms with Gasteiger partial charge in [-0.25, -0.2) is 0 Å². The van der Waals surface area contributed by atoms with Gasteiger partial charge in [0.15, 0.2) is 0 Å². The summed E-state index contributed by atoms with van der Waals surface area (Å²) in [6, 6.07) is 18.6. The van der Waals surface area contributed by atoms with Crippen LogP contribution in [0.15, 0.2) is 54.6 Å². The molecule has 0 aliphatic carbocycles. The molecule has 24 heavy (non-hydrogen) atoms. The first-order valence-electron chi connectivity index (χ1n) is 8.80. The molecule has 1 amide bonds. The second-order valence-corrected chi connectivity index (χ2v) is 6.79. The van der Waals surface area contributed by atoms with E-state index in [1.165, 1.54) is 24.0 Å². The third kappa shape index (κ3) is 4.68. The summed E-state index contributed by atoms with van der Waals surface area (Å²) in [5, 5.41) is 3.10. The molecule has 126 valence electrons. The fraction of sp³-hybridized carbons (Fsp3) is 0.381. The topological polar surface area (TPSA) is 32.3 Å². The van der Waals surface area contributed by atoms with Gasteiger partial charge in [0.25, 0.3) is 0 Å². The zero-order valence-corrected chi connectivity index (χ0v) is 14.4. The highest BCUT2D eigenvalue weighted by molar-refractivity contribution is 5.78. The van der Waals surface area contributed by atoms with E-state index >= 15 is 0 Å². The molecule has 1 saturated heterocycles. The Bertz CT molecular complexity index is 643. The number of rotatable bonds is 5. The minimum atomic E-state index is 0.126. The van der Waals surface area contributed by atoms with Crippen molar-refractivity contribution >= 4 is 5.91 Å². The number of nitrogens with zero attached hydrogens (tertiary/aromatic N) is 1. The lowest BCUT2D eigenvalue weighted by molar-refractivity contribution is -0.120. The lowest BCUT2D eigenvalue weighted by Gasteiger charge is -2.28. The number of carbonyl (C=O) groups excluding carboxylic acids is 1. The molecule has 0 spiro atoms. The van der Waals surface area contributed by atoms with Crippen LogP contribution in [0.25, 0.3) is 11.1 Å². The van der Waals surface area contributed by atoms with E-state index in [1.54, 1.807) is 0 Å². The highest BCUT2D eigenvalue weighted by Crippen LogP contribution is 2.19. The van der Waals surface area contributed by atoms with Crippen molar-refractivity contribution in [2.24, 2.45) is 5.92 Å². The van der Waals surface area contributed by atoms with E-state index in [2.05, 4.69) is 53.7 Å². The van der Waals surface area contributed by atoms with Crippen LogP contribution in [-0.2, 0) is 11.2 Å². The first-order chi connectivity index (χ1) is 11.7. The Morgan fingerprint density at radius 1 is 1.00 bits per heavy atom. The van der Waals surface area contributed by atoms with E-state index in [4.69, 9.17) is 0 Å². The zero-order chi connectivity index (χ0) is 16.8. The van der Waals surface area contributed by atoms with Crippen molar-refractivity contribution in [2.45, 2.75) is 19.3 Å². The maximum atomic E-state index is 12.2. The summed E-state index contributed by atoms with van der Waals surface area (Å²) in [5.74, 6) is 0.756. The molecule has 3 rings (SSSR count). The highest BCUT2D eigenvalue weighted by atomic mass is 16.1. The van der Waals surface area contributed by atoms with Crippen molar-refractivity contribution in [3.05, 3.63) is 60.2 Å². The van der Waals surface area contributed by atoms with Gasteiger partial charge in [0.2, 0.25) is 5.91 Å². The maximum absolute atomic E-state index is 12.2. The monoisotopic (exact) mass is 322 g/mol. The molecule has 0 saturated carbocycles. The number of nitrogens with one attached hydrogen (secondary N) is 1. The molecule has 2 aromatic carbocycles. The minimum Gasteiger partial charge on any atom is -0.356 e. The third-order valence-corrected chi connectivity index (χ3v) is 4.85. The Kier molecular flexibility index (Phi) is 5.65. The summed E-state index contributed by atoms with van der Waals surface area (Å²) in [4.78, 5) is 14.5. The van der Waals surface area contributed by atoms with Crippen molar-refractivity contribution < 1.29 is 4.79 Å². The van der Waals surface area contributed by atoms with Crippen molar-refractivity contribution in [1.29, 1.82) is 0 Å². The molecular weight excluding hydrogens is 296 g/mol. The fourth-order valence-corrected chi connectivity index (χ4v) is 3.22. The molecule has 2 aromatic rings. The van der Waals surface area contributed by atoms with Crippen LogP contribution >= 0.6 is 0 Å². The Hall–Kier alpha value is -2.13. The molecule has 1 heterocycles. The number of hydrogen-bond acceptors (Lipinski definition) is 2. The summed E-state index contributed by atoms with van der Waals surface area (Å²) in [5.41, 5.74) is 3.46. The molecular formula is C21H26N2O. The highest BCUT2D eigenvalue weighted by Gasteiger charge is 2.17. The number of piperidine rings is 1. The average Bonchev–Trinajstić information content (AvgIpc) is 2.63. The molecule has 1 N–H and O–H groups in total. The van der Waals surface area contributed by atoms with Crippen molar-refractivity contribution in [1.82, 2.24) is 10.2 Å². The van der Waals surface area contributed by atoms with Crippen LogP contribution < -0.4 is 5.32 Å². The predicted octanol–water partition coefficient (Wildman–Crippen LogP) is 3.35. The van der Waals surface area contributed by atoms with Crippen LogP contribution in [-0.4, -0.2) is 37.5 Å². The van der Waals surface area contributed by atoms with Gasteiger partial charge < -0.3 is 10.2 Å². The molecule has 0 bridgehead atoms. The normalized spacial score (nSPS) is 16.0. The minimum absolute atomic E-state index is 0.126. The van der Waals surface area contributed by atoms with E-state index in [9.17, 15) is 4.79 Å². The van der Waals surface area contributed by atoms with Crippen molar-refractivity contribution in [2.75, 3.05) is 26.7 Å². The number of benzene rings is 2. The van der Waals surface area contributed by atoms with Gasteiger partial charge in [-0.05, 0) is 55.6 Å². The summed E-state index contributed by atoms with van der Waals surface area (Å²) in [6.07, 6.45) is 2.83. The van der Waals surface area contributed by atoms with Crippen LogP contribution in [0.1, 0.15) is 18.4 Å². The fourth-order valence-electron chi connectivity index (χ4n) is 3.22. The molecule has 1 aliphatic rings. The molecule has 1 aliphatic heterocycles. The smallest absolute Gasteiger partial charge is 0.224 e. The van der Waals surface area contributed by atoms with Crippen LogP contribution in [0.4, 0.5) is 0 Å². The first kappa shape index (κ1) is 16.7. The van der Waals surface area contributed by atoms with Gasteiger partial charge in [-0.2, -0.15) is 0 Å². The standard InChI is InChI=1S/C21H26N2O/c1-23-13-11-18(12-14-23)16-22-21(24)15-17-7-9-20(10-8-17)19-5-3-2-4-6-19/h2-10,18H,11-16H2,1H3,(H,22,24). The SMILES string of the molecule is CN1CCC(CNC(=O)Cc2ccc(-c3ccccc3)cc2)CC1. The molecule has 0 radical (unpaired) electrons. The number of likely N-dealkylation sites (tertiary alicyclic amines) is 1. The Morgan fingerprint density at radius 3 is 2.29 bits per heavy atom. The van der Waals surface area contributed by atoms with Gasteiger partial charge in [0.05, 0.1) is 6.42 Å². The van der Waals surface area contributed by atoms with Gasteiger partial charge in [0.1, 0.15) is 0 Å². The Labute approximate surface area is 144 Å². The van der Waals surface area contributed by atoms with Crippen molar-refractivity contribution in [3.8, 4) is 11.1 Å². The molecule has 0 unspecified atom stereocenters.